The molecule has 1 atom stereocenters. The van der Waals surface area contributed by atoms with Crippen LogP contribution >= 0.6 is 0 Å². The van der Waals surface area contributed by atoms with Gasteiger partial charge in [0.1, 0.15) is 6.33 Å². The molecule has 0 aliphatic carbocycles. The van der Waals surface area contributed by atoms with Crippen molar-refractivity contribution >= 4 is 0 Å². The SMILES string of the molecule is CCc1cc(CC(NN)c2ccncn2)n(C)n1. The van der Waals surface area contributed by atoms with Gasteiger partial charge in [-0.2, -0.15) is 5.10 Å². The normalized spacial score (nSPS) is 12.6. The number of aromatic nitrogens is 4. The number of nitrogens with one attached hydrogen (secondary N) is 1. The van der Waals surface area contributed by atoms with Gasteiger partial charge in [-0.1, -0.05) is 6.92 Å². The zero-order valence-electron chi connectivity index (χ0n) is 10.7. The molecular weight excluding hydrogens is 228 g/mol. The molecule has 0 saturated heterocycles. The topological polar surface area (TPSA) is 81.6 Å². The van der Waals surface area contributed by atoms with E-state index in [1.165, 1.54) is 6.33 Å². The van der Waals surface area contributed by atoms with E-state index < -0.39 is 0 Å². The Balaban J connectivity index is 2.18. The third kappa shape index (κ3) is 2.72. The molecule has 6 nitrogen and oxygen atoms in total. The summed E-state index contributed by atoms with van der Waals surface area (Å²) < 4.78 is 1.89. The van der Waals surface area contributed by atoms with Gasteiger partial charge in [-0.3, -0.25) is 16.0 Å². The lowest BCUT2D eigenvalue weighted by atomic mass is 10.1. The number of nitrogens with two attached hydrogens (primary N) is 1. The van der Waals surface area contributed by atoms with E-state index in [4.69, 9.17) is 5.84 Å². The van der Waals surface area contributed by atoms with Crippen LogP contribution in [0.3, 0.4) is 0 Å². The van der Waals surface area contributed by atoms with Crippen molar-refractivity contribution in [1.29, 1.82) is 0 Å². The van der Waals surface area contributed by atoms with E-state index in [9.17, 15) is 0 Å². The van der Waals surface area contributed by atoms with Crippen molar-refractivity contribution in [2.45, 2.75) is 25.8 Å². The van der Waals surface area contributed by atoms with E-state index in [1.54, 1.807) is 6.20 Å². The molecule has 2 aromatic heterocycles. The molecule has 3 N–H and O–H groups in total. The molecule has 2 heterocycles. The number of hydrogen-bond acceptors (Lipinski definition) is 5. The third-order valence-corrected chi connectivity index (χ3v) is 2.97. The Hall–Kier alpha value is -1.79. The maximum absolute atomic E-state index is 5.60. The third-order valence-electron chi connectivity index (χ3n) is 2.97. The van der Waals surface area contributed by atoms with E-state index in [2.05, 4.69) is 33.5 Å². The predicted octanol–water partition coefficient (Wildman–Crippen LogP) is 0.520. The molecule has 0 saturated carbocycles. The molecule has 18 heavy (non-hydrogen) atoms. The van der Waals surface area contributed by atoms with Gasteiger partial charge in [0, 0.05) is 25.4 Å². The molecule has 1 unspecified atom stereocenters. The summed E-state index contributed by atoms with van der Waals surface area (Å²) in [5.41, 5.74) is 5.89. The van der Waals surface area contributed by atoms with Crippen molar-refractivity contribution in [3.05, 3.63) is 41.7 Å². The molecule has 0 aromatic carbocycles. The molecule has 0 aliphatic rings. The minimum absolute atomic E-state index is 0.0342. The average Bonchev–Trinajstić information content (AvgIpc) is 2.77. The van der Waals surface area contributed by atoms with Gasteiger partial charge in [-0.15, -0.1) is 0 Å². The Labute approximate surface area is 106 Å². The molecule has 0 bridgehead atoms. The van der Waals surface area contributed by atoms with E-state index in [0.29, 0.717) is 0 Å². The highest BCUT2D eigenvalue weighted by molar-refractivity contribution is 5.15. The smallest absolute Gasteiger partial charge is 0.115 e. The summed E-state index contributed by atoms with van der Waals surface area (Å²) in [5, 5.41) is 4.43. The summed E-state index contributed by atoms with van der Waals surface area (Å²) >= 11 is 0. The number of aryl methyl sites for hydroxylation is 2. The quantitative estimate of drug-likeness (QED) is 0.593. The number of hydrogen-bond donors (Lipinski definition) is 2. The van der Waals surface area contributed by atoms with Gasteiger partial charge in [0.25, 0.3) is 0 Å². The van der Waals surface area contributed by atoms with Crippen molar-refractivity contribution in [2.75, 3.05) is 0 Å². The summed E-state index contributed by atoms with van der Waals surface area (Å²) in [6.45, 7) is 2.09. The Bertz CT molecular complexity index is 493. The van der Waals surface area contributed by atoms with Gasteiger partial charge < -0.3 is 0 Å². The van der Waals surface area contributed by atoms with E-state index in [1.807, 2.05) is 17.8 Å². The summed E-state index contributed by atoms with van der Waals surface area (Å²) in [5.74, 6) is 5.60. The molecule has 2 rings (SSSR count). The molecule has 0 radical (unpaired) electrons. The lowest BCUT2D eigenvalue weighted by Crippen LogP contribution is -2.30. The molecule has 0 amide bonds. The molecule has 6 heteroatoms. The fraction of sp³-hybridized carbons (Fsp3) is 0.417. The van der Waals surface area contributed by atoms with Gasteiger partial charge in [0.05, 0.1) is 17.4 Å². The van der Waals surface area contributed by atoms with Crippen LogP contribution in [0.15, 0.2) is 24.7 Å². The largest absolute Gasteiger partial charge is 0.272 e. The first-order valence-corrected chi connectivity index (χ1v) is 5.98. The van der Waals surface area contributed by atoms with Crippen LogP contribution in [0.4, 0.5) is 0 Å². The van der Waals surface area contributed by atoms with Crippen LogP contribution in [-0.2, 0) is 19.9 Å². The van der Waals surface area contributed by atoms with Crippen molar-refractivity contribution in [2.24, 2.45) is 12.9 Å². The molecular formula is C12H18N6. The minimum Gasteiger partial charge on any atom is -0.272 e. The van der Waals surface area contributed by atoms with Gasteiger partial charge in [0.2, 0.25) is 0 Å². The van der Waals surface area contributed by atoms with Crippen molar-refractivity contribution in [1.82, 2.24) is 25.2 Å². The minimum atomic E-state index is -0.0342. The number of rotatable bonds is 5. The maximum atomic E-state index is 5.60. The Kier molecular flexibility index (Phi) is 4.01. The van der Waals surface area contributed by atoms with E-state index >= 15 is 0 Å². The first-order valence-electron chi connectivity index (χ1n) is 5.98. The molecule has 96 valence electrons. The number of nitrogens with zero attached hydrogens (tertiary/aromatic N) is 4. The highest BCUT2D eigenvalue weighted by atomic mass is 15.3. The highest BCUT2D eigenvalue weighted by Crippen LogP contribution is 2.15. The van der Waals surface area contributed by atoms with Crippen molar-refractivity contribution in [3.8, 4) is 0 Å². The first kappa shape index (κ1) is 12.7. The second kappa shape index (κ2) is 5.70. The van der Waals surface area contributed by atoms with Crippen LogP contribution < -0.4 is 11.3 Å². The van der Waals surface area contributed by atoms with Crippen LogP contribution in [0.2, 0.25) is 0 Å². The summed E-state index contributed by atoms with van der Waals surface area (Å²) in [7, 11) is 1.95. The lowest BCUT2D eigenvalue weighted by molar-refractivity contribution is 0.517. The molecule has 0 aliphatic heterocycles. The van der Waals surface area contributed by atoms with Crippen molar-refractivity contribution < 1.29 is 0 Å². The lowest BCUT2D eigenvalue weighted by Gasteiger charge is -2.14. The summed E-state index contributed by atoms with van der Waals surface area (Å²) in [6, 6.07) is 3.93. The van der Waals surface area contributed by atoms with E-state index in [-0.39, 0.29) is 6.04 Å². The average molecular weight is 246 g/mol. The van der Waals surface area contributed by atoms with Crippen LogP contribution in [0.25, 0.3) is 0 Å². The second-order valence-corrected chi connectivity index (χ2v) is 4.16. The number of hydrazine groups is 1. The fourth-order valence-electron chi connectivity index (χ4n) is 1.90. The predicted molar refractivity (Wildman–Crippen MR) is 68.4 cm³/mol. The first-order chi connectivity index (χ1) is 8.74. The maximum Gasteiger partial charge on any atom is 0.115 e. The van der Waals surface area contributed by atoms with Gasteiger partial charge >= 0.3 is 0 Å². The highest BCUT2D eigenvalue weighted by Gasteiger charge is 2.14. The second-order valence-electron chi connectivity index (χ2n) is 4.16. The van der Waals surface area contributed by atoms with E-state index in [0.717, 1.165) is 29.9 Å². The standard InChI is InChI=1S/C12H18N6/c1-3-9-6-10(18(2)17-9)7-12(16-13)11-4-5-14-8-15-11/h4-6,8,12,16H,3,7,13H2,1-2H3. The van der Waals surface area contributed by atoms with Crippen LogP contribution in [0, 0.1) is 0 Å². The monoisotopic (exact) mass is 246 g/mol. The zero-order chi connectivity index (χ0) is 13.0. The van der Waals surface area contributed by atoms with Gasteiger partial charge in [-0.25, -0.2) is 9.97 Å². The van der Waals surface area contributed by atoms with Crippen molar-refractivity contribution in [3.63, 3.8) is 0 Å². The summed E-state index contributed by atoms with van der Waals surface area (Å²) in [4.78, 5) is 8.13. The van der Waals surface area contributed by atoms with Crippen LogP contribution in [0.5, 0.6) is 0 Å². The van der Waals surface area contributed by atoms with Gasteiger partial charge in [-0.05, 0) is 18.6 Å². The molecule has 0 fully saturated rings. The Morgan fingerprint density at radius 3 is 2.89 bits per heavy atom. The van der Waals surface area contributed by atoms with Crippen LogP contribution in [0.1, 0.15) is 30.0 Å². The molecule has 0 spiro atoms. The van der Waals surface area contributed by atoms with Gasteiger partial charge in [0.15, 0.2) is 0 Å². The molecule has 2 aromatic rings. The summed E-state index contributed by atoms with van der Waals surface area (Å²) in [6.07, 6.45) is 4.92. The fourth-order valence-corrected chi connectivity index (χ4v) is 1.90. The Morgan fingerprint density at radius 1 is 1.50 bits per heavy atom. The van der Waals surface area contributed by atoms with Crippen LogP contribution in [-0.4, -0.2) is 19.7 Å². The zero-order valence-corrected chi connectivity index (χ0v) is 10.7. The Morgan fingerprint density at radius 2 is 2.33 bits per heavy atom.